The number of nitrogens with two attached hydrogens (primary N) is 1. The molecule has 0 aliphatic rings. The zero-order chi connectivity index (χ0) is 59.7. The number of hydrogen-bond donors (Lipinski definition) is 9. The van der Waals surface area contributed by atoms with Crippen LogP contribution in [0.4, 0.5) is 0 Å². The minimum absolute atomic E-state index is 0. The fraction of sp³-hybridized carbons (Fsp3) is 0.692. The molecule has 0 amide bonds. The van der Waals surface area contributed by atoms with Gasteiger partial charge in [0.25, 0.3) is 0 Å². The maximum absolute atomic E-state index is 10.2. The fourth-order valence-corrected chi connectivity index (χ4v) is 8.37. The predicted octanol–water partition coefficient (Wildman–Crippen LogP) is 6.65. The molecule has 0 aliphatic heterocycles. The summed E-state index contributed by atoms with van der Waals surface area (Å²) < 4.78 is 0. The molecule has 0 fully saturated rings. The molecule has 0 spiro atoms. The molecule has 10 N–H and O–H groups in total. The van der Waals surface area contributed by atoms with Crippen LogP contribution in [0.1, 0.15) is 126 Å². The fourth-order valence-electron chi connectivity index (χ4n) is 8.37. The molecule has 0 aromatic heterocycles. The molecule has 0 saturated heterocycles. The Balaban J connectivity index is 0. The van der Waals surface area contributed by atoms with Crippen LogP contribution in [0.2, 0.25) is 0 Å². The third-order valence-electron chi connectivity index (χ3n) is 13.0. The highest BCUT2D eigenvalue weighted by Crippen LogP contribution is 2.07. The van der Waals surface area contributed by atoms with Crippen LogP contribution in [0.3, 0.4) is 0 Å². The largest absolute Gasteiger partial charge is 0.330 e. The number of unbranched alkanes of at least 4 members (excludes halogenated alkanes) is 4. The zero-order valence-corrected chi connectivity index (χ0v) is 54.7. The number of rotatable bonds is 49. The predicted molar refractivity (Wildman–Crippen MR) is 358 cm³/mol. The van der Waals surface area contributed by atoms with Gasteiger partial charge in [-0.15, -0.1) is 12.4 Å². The second-order valence-corrected chi connectivity index (χ2v) is 22.7. The topological polar surface area (TPSA) is 173 Å². The summed E-state index contributed by atoms with van der Waals surface area (Å²) in [5.41, 5.74) is 11.9. The summed E-state index contributed by atoms with van der Waals surface area (Å²) in [6.45, 7) is 23.6. The van der Waals surface area contributed by atoms with Crippen molar-refractivity contribution < 1.29 is 9.59 Å². The van der Waals surface area contributed by atoms with Gasteiger partial charge in [-0.05, 0) is 281 Å². The second-order valence-electron chi connectivity index (χ2n) is 22.7. The molecule has 3 aromatic rings. The van der Waals surface area contributed by atoms with Gasteiger partial charge >= 0.3 is 0 Å². The highest BCUT2D eigenvalue weighted by Gasteiger charge is 2.01. The Hall–Kier alpha value is -3.27. The molecule has 3 rings (SSSR count). The van der Waals surface area contributed by atoms with Crippen molar-refractivity contribution >= 4 is 25.0 Å². The number of hydrogen-bond acceptors (Lipinski definition) is 16. The van der Waals surface area contributed by atoms with Crippen molar-refractivity contribution in [1.29, 1.82) is 0 Å². The molecule has 0 atom stereocenters. The van der Waals surface area contributed by atoms with Gasteiger partial charge in [0.2, 0.25) is 0 Å². The van der Waals surface area contributed by atoms with Crippen molar-refractivity contribution in [3.63, 3.8) is 0 Å². The van der Waals surface area contributed by atoms with Gasteiger partial charge < -0.3 is 72.8 Å². The molecule has 474 valence electrons. The molecule has 0 saturated carbocycles. The van der Waals surface area contributed by atoms with Crippen molar-refractivity contribution in [2.45, 2.75) is 110 Å². The van der Waals surface area contributed by atoms with Gasteiger partial charge in [-0.3, -0.25) is 9.59 Å². The first-order valence-corrected chi connectivity index (χ1v) is 31.0. The Labute approximate surface area is 509 Å². The number of carbonyl (C=O) groups excluding carboxylic acids is 2. The number of carbonyl (C=O) groups is 2. The van der Waals surface area contributed by atoms with Crippen molar-refractivity contribution in [2.24, 2.45) is 5.73 Å². The molecular formula is C65H125ClN14O2. The molecule has 3 aromatic carbocycles. The van der Waals surface area contributed by atoms with E-state index in [4.69, 9.17) is 5.73 Å². The second kappa shape index (κ2) is 60.8. The molecule has 0 radical (unpaired) electrons. The minimum atomic E-state index is 0. The SMILES string of the molecule is CN(C)CCCCCCCN.CN(C)CCCNCCCNCc1cccc(CNCCCNCCCN(C)C)c1.CN(C)CCCNCCCNCc1cccc(CNCCCNCCCN(C)C)c1.Cl.O=Cc1cccc(C=O)c1. The van der Waals surface area contributed by atoms with Gasteiger partial charge in [0.05, 0.1) is 0 Å². The van der Waals surface area contributed by atoms with E-state index in [1.807, 2.05) is 0 Å². The lowest BCUT2D eigenvalue weighted by Crippen LogP contribution is -2.25. The van der Waals surface area contributed by atoms with Crippen LogP contribution in [0.5, 0.6) is 0 Å². The van der Waals surface area contributed by atoms with E-state index in [0.29, 0.717) is 23.7 Å². The quantitative estimate of drug-likeness (QED) is 0.0217. The number of halogens is 1. The van der Waals surface area contributed by atoms with Crippen LogP contribution < -0.4 is 48.3 Å². The summed E-state index contributed by atoms with van der Waals surface area (Å²) in [5, 5.41) is 28.3. The molecule has 0 bridgehead atoms. The van der Waals surface area contributed by atoms with E-state index < -0.39 is 0 Å². The van der Waals surface area contributed by atoms with Crippen LogP contribution >= 0.6 is 12.4 Å². The normalized spacial score (nSPS) is 11.1. The van der Waals surface area contributed by atoms with E-state index in [2.05, 4.69) is 186 Å². The van der Waals surface area contributed by atoms with E-state index >= 15 is 0 Å². The summed E-state index contributed by atoms with van der Waals surface area (Å²) in [4.78, 5) is 31.5. The maximum atomic E-state index is 10.2. The van der Waals surface area contributed by atoms with Crippen molar-refractivity contribution in [2.75, 3.05) is 188 Å². The number of nitrogens with one attached hydrogen (secondary N) is 8. The van der Waals surface area contributed by atoms with E-state index in [0.717, 1.165) is 137 Å². The van der Waals surface area contributed by atoms with Gasteiger partial charge in [-0.25, -0.2) is 0 Å². The van der Waals surface area contributed by atoms with Crippen molar-refractivity contribution in [3.05, 3.63) is 106 Å². The van der Waals surface area contributed by atoms with Crippen LogP contribution in [-0.2, 0) is 26.2 Å². The molecule has 0 heterocycles. The average Bonchev–Trinajstić information content (AvgIpc) is 3.45. The summed E-state index contributed by atoms with van der Waals surface area (Å²) in [6, 6.07) is 24.4. The van der Waals surface area contributed by atoms with Crippen LogP contribution in [0.25, 0.3) is 0 Å². The lowest BCUT2D eigenvalue weighted by atomic mass is 10.1. The Kier molecular flexibility index (Phi) is 59.9. The van der Waals surface area contributed by atoms with E-state index in [-0.39, 0.29) is 12.4 Å². The Bertz CT molecular complexity index is 1630. The molecule has 82 heavy (non-hydrogen) atoms. The highest BCUT2D eigenvalue weighted by atomic mass is 35.5. The summed E-state index contributed by atoms with van der Waals surface area (Å²) in [7, 11) is 21.3. The summed E-state index contributed by atoms with van der Waals surface area (Å²) in [6.07, 6.45) is 17.5. The Morgan fingerprint density at radius 2 is 0.561 bits per heavy atom. The van der Waals surface area contributed by atoms with Gasteiger partial charge in [0.1, 0.15) is 12.6 Å². The first-order chi connectivity index (χ1) is 39.3. The number of nitrogens with zero attached hydrogens (tertiary/aromatic N) is 5. The summed E-state index contributed by atoms with van der Waals surface area (Å²) >= 11 is 0. The Morgan fingerprint density at radius 1 is 0.317 bits per heavy atom. The third-order valence-corrected chi connectivity index (χ3v) is 13.0. The zero-order valence-electron chi connectivity index (χ0n) is 53.9. The molecular weight excluding hydrogens is 1040 g/mol. The monoisotopic (exact) mass is 1170 g/mol. The Morgan fingerprint density at radius 3 is 0.841 bits per heavy atom. The number of aldehydes is 2. The van der Waals surface area contributed by atoms with Gasteiger partial charge in [-0.1, -0.05) is 86.0 Å². The lowest BCUT2D eigenvalue weighted by Gasteiger charge is -2.11. The first kappa shape index (κ1) is 80.8. The summed E-state index contributed by atoms with van der Waals surface area (Å²) in [5.74, 6) is 0. The molecule has 16 nitrogen and oxygen atoms in total. The first-order valence-electron chi connectivity index (χ1n) is 31.0. The van der Waals surface area contributed by atoms with Crippen LogP contribution in [-0.4, -0.2) is 225 Å². The van der Waals surface area contributed by atoms with Crippen molar-refractivity contribution in [3.8, 4) is 0 Å². The van der Waals surface area contributed by atoms with Gasteiger partial charge in [0, 0.05) is 37.3 Å². The molecule has 17 heteroatoms. The van der Waals surface area contributed by atoms with Gasteiger partial charge in [0.15, 0.2) is 0 Å². The highest BCUT2D eigenvalue weighted by molar-refractivity contribution is 5.85. The van der Waals surface area contributed by atoms with E-state index in [1.165, 1.54) is 112 Å². The van der Waals surface area contributed by atoms with Crippen molar-refractivity contribution in [1.82, 2.24) is 67.0 Å². The van der Waals surface area contributed by atoms with Crippen LogP contribution in [0, 0.1) is 0 Å². The standard InChI is InChI=1S/2C24H48N6.C9H22N2.C8H6O2.ClH/c2*1-29(2)18-8-16-25-12-6-14-27-21-23-10-5-11-24(20-23)22-28-15-7-13-26-17-9-19-30(3)4;1-11(2)9-7-5-3-4-6-8-10;9-5-7-2-1-3-8(4-7)6-10;/h2*5,10-11,20,25-28H,6-9,12-19,21-22H2,1-4H3;3-10H2,1-2H3;1-6H;1H. The maximum Gasteiger partial charge on any atom is 0.150 e. The molecule has 0 aliphatic carbocycles. The van der Waals surface area contributed by atoms with E-state index in [9.17, 15) is 9.59 Å². The lowest BCUT2D eigenvalue weighted by molar-refractivity contribution is 0.112. The average molecular weight is 1170 g/mol. The van der Waals surface area contributed by atoms with Gasteiger partial charge in [-0.2, -0.15) is 0 Å². The minimum Gasteiger partial charge on any atom is -0.330 e. The smallest absolute Gasteiger partial charge is 0.150 e. The number of benzene rings is 3. The third kappa shape index (κ3) is 58.5. The van der Waals surface area contributed by atoms with E-state index in [1.54, 1.807) is 24.3 Å². The van der Waals surface area contributed by atoms with Crippen LogP contribution in [0.15, 0.2) is 72.8 Å². The molecule has 0 unspecified atom stereocenters.